The Morgan fingerprint density at radius 3 is 2.71 bits per heavy atom. The molecule has 3 nitrogen and oxygen atoms in total. The molecule has 4 heteroatoms. The summed E-state index contributed by atoms with van der Waals surface area (Å²) >= 11 is 0. The molecule has 0 spiro atoms. The Morgan fingerprint density at radius 1 is 1.29 bits per heavy atom. The molecule has 2 aliphatic rings. The lowest BCUT2D eigenvalue weighted by Gasteiger charge is -2.29. The van der Waals surface area contributed by atoms with E-state index in [2.05, 4.69) is 5.32 Å². The molecule has 1 amide bonds. The Labute approximate surface area is 124 Å². The Hall–Kier alpha value is -1.42. The van der Waals surface area contributed by atoms with Crippen molar-refractivity contribution in [3.8, 4) is 0 Å². The highest BCUT2D eigenvalue weighted by Crippen LogP contribution is 2.42. The van der Waals surface area contributed by atoms with Gasteiger partial charge in [0.1, 0.15) is 5.82 Å². The van der Waals surface area contributed by atoms with Crippen LogP contribution in [0.1, 0.15) is 44.1 Å². The zero-order chi connectivity index (χ0) is 14.7. The second kappa shape index (κ2) is 6.14. The van der Waals surface area contributed by atoms with Gasteiger partial charge in [0.2, 0.25) is 5.91 Å². The molecule has 1 aromatic carbocycles. The molecular formula is C17H22FNO2. The Morgan fingerprint density at radius 2 is 2.05 bits per heavy atom. The number of carbonyl (C=O) groups excluding carboxylic acids is 1. The number of halogens is 1. The Kier molecular flexibility index (Phi) is 4.24. The van der Waals surface area contributed by atoms with Crippen LogP contribution in [-0.2, 0) is 14.9 Å². The second-order valence-electron chi connectivity index (χ2n) is 6.11. The summed E-state index contributed by atoms with van der Waals surface area (Å²) in [6, 6.07) is 6.69. The first-order valence-corrected chi connectivity index (χ1v) is 7.87. The highest BCUT2D eigenvalue weighted by Gasteiger charge is 2.44. The fourth-order valence-corrected chi connectivity index (χ4v) is 3.63. The van der Waals surface area contributed by atoms with Crippen LogP contribution in [0.4, 0.5) is 4.39 Å². The van der Waals surface area contributed by atoms with Gasteiger partial charge < -0.3 is 10.1 Å². The van der Waals surface area contributed by atoms with Gasteiger partial charge >= 0.3 is 0 Å². The summed E-state index contributed by atoms with van der Waals surface area (Å²) in [4.78, 5) is 12.7. The molecule has 0 bridgehead atoms. The lowest BCUT2D eigenvalue weighted by atomic mass is 9.77. The van der Waals surface area contributed by atoms with Crippen molar-refractivity contribution in [1.29, 1.82) is 0 Å². The highest BCUT2D eigenvalue weighted by atomic mass is 19.1. The van der Waals surface area contributed by atoms with Crippen LogP contribution in [0.2, 0.25) is 0 Å². The molecule has 1 atom stereocenters. The maximum atomic E-state index is 14.2. The van der Waals surface area contributed by atoms with Crippen molar-refractivity contribution in [3.63, 3.8) is 0 Å². The predicted molar refractivity (Wildman–Crippen MR) is 78.5 cm³/mol. The fraction of sp³-hybridized carbons (Fsp3) is 0.588. The van der Waals surface area contributed by atoms with Gasteiger partial charge in [0.25, 0.3) is 0 Å². The summed E-state index contributed by atoms with van der Waals surface area (Å²) in [6.45, 7) is 1.31. The van der Waals surface area contributed by atoms with E-state index in [1.165, 1.54) is 6.07 Å². The quantitative estimate of drug-likeness (QED) is 0.926. The summed E-state index contributed by atoms with van der Waals surface area (Å²) < 4.78 is 19.7. The fourth-order valence-electron chi connectivity index (χ4n) is 3.63. The van der Waals surface area contributed by atoms with Crippen molar-refractivity contribution in [2.45, 2.75) is 50.0 Å². The molecule has 1 aromatic rings. The highest BCUT2D eigenvalue weighted by molar-refractivity contribution is 5.88. The number of hydrogen-bond acceptors (Lipinski definition) is 2. The number of carbonyl (C=O) groups is 1. The van der Waals surface area contributed by atoms with Crippen LogP contribution < -0.4 is 5.32 Å². The van der Waals surface area contributed by atoms with Crippen molar-refractivity contribution in [1.82, 2.24) is 5.32 Å². The molecule has 21 heavy (non-hydrogen) atoms. The second-order valence-corrected chi connectivity index (χ2v) is 6.11. The first kappa shape index (κ1) is 14.5. The predicted octanol–water partition coefficient (Wildman–Crippen LogP) is 2.93. The molecule has 1 aliphatic carbocycles. The van der Waals surface area contributed by atoms with Gasteiger partial charge in [-0.3, -0.25) is 4.79 Å². The average Bonchev–Trinajstić information content (AvgIpc) is 3.17. The van der Waals surface area contributed by atoms with Gasteiger partial charge in [-0.25, -0.2) is 4.39 Å². The monoisotopic (exact) mass is 291 g/mol. The largest absolute Gasteiger partial charge is 0.376 e. The van der Waals surface area contributed by atoms with E-state index in [-0.39, 0.29) is 17.8 Å². The van der Waals surface area contributed by atoms with Gasteiger partial charge in [-0.2, -0.15) is 0 Å². The standard InChI is InChI=1S/C17H22FNO2/c18-15-8-2-1-7-14(15)17(9-3-4-10-17)16(20)19-12-13-6-5-11-21-13/h1-2,7-8,13H,3-6,9-12H2,(H,19,20). The third-order valence-corrected chi connectivity index (χ3v) is 4.80. The first-order chi connectivity index (χ1) is 10.2. The maximum absolute atomic E-state index is 14.2. The van der Waals surface area contributed by atoms with Crippen LogP contribution >= 0.6 is 0 Å². The average molecular weight is 291 g/mol. The normalized spacial score (nSPS) is 24.1. The maximum Gasteiger partial charge on any atom is 0.230 e. The molecule has 1 saturated carbocycles. The van der Waals surface area contributed by atoms with Gasteiger partial charge in [0, 0.05) is 18.7 Å². The molecule has 0 radical (unpaired) electrons. The van der Waals surface area contributed by atoms with Crippen LogP contribution in [0.5, 0.6) is 0 Å². The summed E-state index contributed by atoms with van der Waals surface area (Å²) in [5, 5.41) is 3.00. The summed E-state index contributed by atoms with van der Waals surface area (Å²) in [6.07, 6.45) is 5.57. The van der Waals surface area contributed by atoms with Crippen molar-refractivity contribution >= 4 is 5.91 Å². The van der Waals surface area contributed by atoms with E-state index in [0.29, 0.717) is 12.1 Å². The number of amides is 1. The lowest BCUT2D eigenvalue weighted by molar-refractivity contribution is -0.127. The van der Waals surface area contributed by atoms with Gasteiger partial charge in [-0.1, -0.05) is 31.0 Å². The lowest BCUT2D eigenvalue weighted by Crippen LogP contribution is -2.45. The topological polar surface area (TPSA) is 38.3 Å². The van der Waals surface area contributed by atoms with Gasteiger partial charge in [-0.15, -0.1) is 0 Å². The first-order valence-electron chi connectivity index (χ1n) is 7.87. The van der Waals surface area contributed by atoms with Crippen molar-refractivity contribution in [2.75, 3.05) is 13.2 Å². The van der Waals surface area contributed by atoms with Gasteiger partial charge in [-0.05, 0) is 31.7 Å². The molecule has 1 unspecified atom stereocenters. The number of hydrogen-bond donors (Lipinski definition) is 1. The molecule has 1 heterocycles. The van der Waals surface area contributed by atoms with E-state index in [4.69, 9.17) is 4.74 Å². The minimum Gasteiger partial charge on any atom is -0.376 e. The summed E-state index contributed by atoms with van der Waals surface area (Å²) in [5.74, 6) is -0.313. The number of nitrogens with one attached hydrogen (secondary N) is 1. The zero-order valence-electron chi connectivity index (χ0n) is 12.2. The van der Waals surface area contributed by atoms with Crippen molar-refractivity contribution in [3.05, 3.63) is 35.6 Å². The molecular weight excluding hydrogens is 269 g/mol. The molecule has 1 N–H and O–H groups in total. The third-order valence-electron chi connectivity index (χ3n) is 4.80. The molecule has 1 saturated heterocycles. The minimum absolute atomic E-state index is 0.0411. The SMILES string of the molecule is O=C(NCC1CCCO1)C1(c2ccccc2F)CCCC1. The minimum atomic E-state index is -0.691. The van der Waals surface area contributed by atoms with Crippen LogP contribution in [0.3, 0.4) is 0 Å². The van der Waals surface area contributed by atoms with Crippen LogP contribution in [-0.4, -0.2) is 25.2 Å². The van der Waals surface area contributed by atoms with Gasteiger partial charge in [0.15, 0.2) is 0 Å². The molecule has 0 aromatic heterocycles. The van der Waals surface area contributed by atoms with Crippen LogP contribution in [0, 0.1) is 5.82 Å². The third kappa shape index (κ3) is 2.82. The van der Waals surface area contributed by atoms with E-state index >= 15 is 0 Å². The van der Waals surface area contributed by atoms with Gasteiger partial charge in [0.05, 0.1) is 11.5 Å². The van der Waals surface area contributed by atoms with E-state index < -0.39 is 5.41 Å². The molecule has 3 rings (SSSR count). The van der Waals surface area contributed by atoms with E-state index in [1.807, 2.05) is 6.07 Å². The number of rotatable bonds is 4. The summed E-state index contributed by atoms with van der Waals surface area (Å²) in [7, 11) is 0. The zero-order valence-corrected chi connectivity index (χ0v) is 12.2. The molecule has 1 aliphatic heterocycles. The van der Waals surface area contributed by atoms with Crippen LogP contribution in [0.25, 0.3) is 0 Å². The van der Waals surface area contributed by atoms with E-state index in [0.717, 1.165) is 45.1 Å². The number of benzene rings is 1. The Balaban J connectivity index is 1.77. The van der Waals surface area contributed by atoms with Crippen molar-refractivity contribution < 1.29 is 13.9 Å². The summed E-state index contributed by atoms with van der Waals surface area (Å²) in [5.41, 5.74) is -0.142. The molecule has 2 fully saturated rings. The van der Waals surface area contributed by atoms with E-state index in [9.17, 15) is 9.18 Å². The van der Waals surface area contributed by atoms with Crippen molar-refractivity contribution in [2.24, 2.45) is 0 Å². The number of ether oxygens (including phenoxy) is 1. The van der Waals surface area contributed by atoms with E-state index in [1.54, 1.807) is 12.1 Å². The smallest absolute Gasteiger partial charge is 0.230 e. The Bertz CT molecular complexity index is 505. The molecule has 114 valence electrons. The van der Waals surface area contributed by atoms with Crippen LogP contribution in [0.15, 0.2) is 24.3 Å².